The molecule has 0 amide bonds. The number of halogens is 1. The molecule has 0 radical (unpaired) electrons. The molecule has 0 bridgehead atoms. The van der Waals surface area contributed by atoms with Gasteiger partial charge in [0.25, 0.3) is 0 Å². The standard InChI is InChI=1S/C18H29N3O.HI/c1-15(22)13-17(16-9-5-4-6-10-16)14-20-18(19)21-11-7-2-3-8-12-21;/h4-6,9-10,15,17,22H,2-3,7-8,11-14H2,1H3,(H2,19,20);1H. The fraction of sp³-hybridized carbons (Fsp3) is 0.611. The summed E-state index contributed by atoms with van der Waals surface area (Å²) in [5.74, 6) is 0.875. The van der Waals surface area contributed by atoms with Crippen molar-refractivity contribution in [1.29, 1.82) is 0 Å². The number of guanidine groups is 1. The Morgan fingerprint density at radius 3 is 2.35 bits per heavy atom. The second-order valence-electron chi connectivity index (χ2n) is 6.29. The SMILES string of the molecule is CC(O)CC(CN=C(N)N1CCCCCC1)c1ccccc1.I. The van der Waals surface area contributed by atoms with Crippen LogP contribution in [0.25, 0.3) is 0 Å². The number of likely N-dealkylation sites (tertiary alicyclic amines) is 1. The van der Waals surface area contributed by atoms with Gasteiger partial charge in [-0.25, -0.2) is 0 Å². The van der Waals surface area contributed by atoms with Gasteiger partial charge in [0.15, 0.2) is 5.96 Å². The maximum atomic E-state index is 9.75. The Bertz CT molecular complexity index is 457. The van der Waals surface area contributed by atoms with Gasteiger partial charge in [0.05, 0.1) is 6.10 Å². The van der Waals surface area contributed by atoms with Gasteiger partial charge in [-0.1, -0.05) is 43.2 Å². The van der Waals surface area contributed by atoms with Crippen molar-refractivity contribution in [2.24, 2.45) is 10.7 Å². The fourth-order valence-electron chi connectivity index (χ4n) is 3.06. The number of aliphatic hydroxyl groups is 1. The van der Waals surface area contributed by atoms with E-state index in [1.807, 2.05) is 25.1 Å². The molecule has 1 heterocycles. The maximum absolute atomic E-state index is 9.75. The van der Waals surface area contributed by atoms with E-state index in [-0.39, 0.29) is 36.0 Å². The first-order valence-electron chi connectivity index (χ1n) is 8.44. The Hall–Kier alpha value is -0.820. The minimum atomic E-state index is -0.334. The van der Waals surface area contributed by atoms with Crippen LogP contribution in [0, 0.1) is 0 Å². The van der Waals surface area contributed by atoms with Crippen molar-refractivity contribution in [2.75, 3.05) is 19.6 Å². The van der Waals surface area contributed by atoms with Gasteiger partial charge in [-0.15, -0.1) is 24.0 Å². The van der Waals surface area contributed by atoms with Crippen molar-refractivity contribution in [1.82, 2.24) is 4.90 Å². The lowest BCUT2D eigenvalue weighted by atomic mass is 9.93. The molecule has 1 saturated heterocycles. The average molecular weight is 431 g/mol. The predicted octanol–water partition coefficient (Wildman–Crippen LogP) is 3.35. The fourth-order valence-corrected chi connectivity index (χ4v) is 3.06. The minimum Gasteiger partial charge on any atom is -0.393 e. The van der Waals surface area contributed by atoms with Gasteiger partial charge in [0, 0.05) is 25.6 Å². The summed E-state index contributed by atoms with van der Waals surface area (Å²) in [6, 6.07) is 10.3. The summed E-state index contributed by atoms with van der Waals surface area (Å²) in [6.07, 6.45) is 5.36. The van der Waals surface area contributed by atoms with Crippen LogP contribution in [-0.2, 0) is 0 Å². The number of hydrogen-bond acceptors (Lipinski definition) is 2. The monoisotopic (exact) mass is 431 g/mol. The molecular weight excluding hydrogens is 401 g/mol. The highest BCUT2D eigenvalue weighted by Crippen LogP contribution is 2.22. The number of nitrogens with two attached hydrogens (primary N) is 1. The molecule has 0 saturated carbocycles. The van der Waals surface area contributed by atoms with Crippen LogP contribution in [0.1, 0.15) is 50.5 Å². The minimum absolute atomic E-state index is 0. The number of nitrogens with zero attached hydrogens (tertiary/aromatic N) is 2. The van der Waals surface area contributed by atoms with Crippen LogP contribution in [0.5, 0.6) is 0 Å². The summed E-state index contributed by atoms with van der Waals surface area (Å²) in [4.78, 5) is 6.83. The molecule has 3 N–H and O–H groups in total. The molecule has 1 aromatic rings. The number of aliphatic hydroxyl groups excluding tert-OH is 1. The third kappa shape index (κ3) is 7.08. The first kappa shape index (κ1) is 20.2. The highest BCUT2D eigenvalue weighted by molar-refractivity contribution is 14.0. The summed E-state index contributed by atoms with van der Waals surface area (Å²) in [7, 11) is 0. The molecule has 2 rings (SSSR count). The van der Waals surface area contributed by atoms with Crippen molar-refractivity contribution in [3.63, 3.8) is 0 Å². The molecule has 23 heavy (non-hydrogen) atoms. The van der Waals surface area contributed by atoms with Gasteiger partial charge in [-0.3, -0.25) is 4.99 Å². The lowest BCUT2D eigenvalue weighted by Gasteiger charge is -2.23. The predicted molar refractivity (Wildman–Crippen MR) is 107 cm³/mol. The molecule has 2 atom stereocenters. The topological polar surface area (TPSA) is 61.9 Å². The molecule has 0 spiro atoms. The third-order valence-corrected chi connectivity index (χ3v) is 4.30. The Balaban J connectivity index is 0.00000264. The highest BCUT2D eigenvalue weighted by atomic mass is 127. The zero-order chi connectivity index (χ0) is 15.8. The molecule has 0 aromatic heterocycles. The summed E-state index contributed by atoms with van der Waals surface area (Å²) in [5, 5.41) is 9.75. The van der Waals surface area contributed by atoms with E-state index in [9.17, 15) is 5.11 Å². The third-order valence-electron chi connectivity index (χ3n) is 4.30. The van der Waals surface area contributed by atoms with Gasteiger partial charge >= 0.3 is 0 Å². The molecule has 1 aromatic carbocycles. The number of benzene rings is 1. The van der Waals surface area contributed by atoms with E-state index in [1.54, 1.807) is 0 Å². The second kappa shape index (κ2) is 10.9. The first-order valence-corrected chi connectivity index (χ1v) is 8.44. The van der Waals surface area contributed by atoms with E-state index in [1.165, 1.54) is 31.2 Å². The van der Waals surface area contributed by atoms with Crippen molar-refractivity contribution < 1.29 is 5.11 Å². The second-order valence-corrected chi connectivity index (χ2v) is 6.29. The van der Waals surface area contributed by atoms with Gasteiger partial charge in [-0.05, 0) is 31.7 Å². The van der Waals surface area contributed by atoms with E-state index in [0.717, 1.165) is 13.1 Å². The number of aliphatic imine (C=N–C) groups is 1. The Morgan fingerprint density at radius 1 is 1.17 bits per heavy atom. The van der Waals surface area contributed by atoms with Crippen molar-refractivity contribution in [3.8, 4) is 0 Å². The van der Waals surface area contributed by atoms with E-state index in [4.69, 9.17) is 5.73 Å². The normalized spacial score (nSPS) is 18.7. The van der Waals surface area contributed by atoms with E-state index in [0.29, 0.717) is 18.9 Å². The zero-order valence-electron chi connectivity index (χ0n) is 14.0. The molecule has 1 aliphatic rings. The Morgan fingerprint density at radius 2 is 1.78 bits per heavy atom. The van der Waals surface area contributed by atoms with E-state index >= 15 is 0 Å². The number of rotatable bonds is 5. The van der Waals surface area contributed by atoms with Crippen molar-refractivity contribution >= 4 is 29.9 Å². The van der Waals surface area contributed by atoms with E-state index < -0.39 is 0 Å². The molecule has 130 valence electrons. The summed E-state index contributed by atoms with van der Waals surface area (Å²) >= 11 is 0. The quantitative estimate of drug-likeness (QED) is 0.427. The van der Waals surface area contributed by atoms with Crippen LogP contribution >= 0.6 is 24.0 Å². The molecule has 2 unspecified atom stereocenters. The van der Waals surface area contributed by atoms with Crippen LogP contribution in [0.4, 0.5) is 0 Å². The van der Waals surface area contributed by atoms with Crippen LogP contribution in [0.2, 0.25) is 0 Å². The zero-order valence-corrected chi connectivity index (χ0v) is 16.4. The Labute approximate surface area is 157 Å². The largest absolute Gasteiger partial charge is 0.393 e. The smallest absolute Gasteiger partial charge is 0.191 e. The van der Waals surface area contributed by atoms with Crippen LogP contribution in [0.15, 0.2) is 35.3 Å². The van der Waals surface area contributed by atoms with Gasteiger partial charge in [0.1, 0.15) is 0 Å². The van der Waals surface area contributed by atoms with Gasteiger partial charge < -0.3 is 15.7 Å². The molecule has 4 nitrogen and oxygen atoms in total. The highest BCUT2D eigenvalue weighted by Gasteiger charge is 2.15. The lowest BCUT2D eigenvalue weighted by molar-refractivity contribution is 0.175. The van der Waals surface area contributed by atoms with Gasteiger partial charge in [0.2, 0.25) is 0 Å². The lowest BCUT2D eigenvalue weighted by Crippen LogP contribution is -2.38. The Kier molecular flexibility index (Phi) is 9.55. The van der Waals surface area contributed by atoms with E-state index in [2.05, 4.69) is 22.0 Å². The maximum Gasteiger partial charge on any atom is 0.191 e. The summed E-state index contributed by atoms with van der Waals surface area (Å²) in [6.45, 7) is 4.50. The molecule has 1 fully saturated rings. The summed E-state index contributed by atoms with van der Waals surface area (Å²) < 4.78 is 0. The summed E-state index contributed by atoms with van der Waals surface area (Å²) in [5.41, 5.74) is 7.41. The average Bonchev–Trinajstić information content (AvgIpc) is 2.81. The van der Waals surface area contributed by atoms with Crippen LogP contribution in [-0.4, -0.2) is 41.7 Å². The first-order chi connectivity index (χ1) is 10.7. The molecular formula is C18H30IN3O. The van der Waals surface area contributed by atoms with Gasteiger partial charge in [-0.2, -0.15) is 0 Å². The molecule has 0 aliphatic carbocycles. The number of hydrogen-bond donors (Lipinski definition) is 2. The molecule has 5 heteroatoms. The van der Waals surface area contributed by atoms with Crippen molar-refractivity contribution in [2.45, 2.75) is 51.0 Å². The van der Waals surface area contributed by atoms with Crippen LogP contribution < -0.4 is 5.73 Å². The van der Waals surface area contributed by atoms with Crippen LogP contribution in [0.3, 0.4) is 0 Å². The molecule has 1 aliphatic heterocycles. The van der Waals surface area contributed by atoms with Crippen molar-refractivity contribution in [3.05, 3.63) is 35.9 Å².